The summed E-state index contributed by atoms with van der Waals surface area (Å²) >= 11 is 0. The molecule has 1 atom stereocenters. The van der Waals surface area contributed by atoms with Crippen molar-refractivity contribution in [3.63, 3.8) is 0 Å². The summed E-state index contributed by atoms with van der Waals surface area (Å²) in [5.41, 5.74) is 1.07. The first kappa shape index (κ1) is 20.5. The predicted molar refractivity (Wildman–Crippen MR) is 100.0 cm³/mol. The second-order valence-corrected chi connectivity index (χ2v) is 7.23. The zero-order chi connectivity index (χ0) is 19.2. The third kappa shape index (κ3) is 5.32. The molecule has 5 heteroatoms. The lowest BCUT2D eigenvalue weighted by atomic mass is 9.75. The minimum absolute atomic E-state index is 0.141. The van der Waals surface area contributed by atoms with Gasteiger partial charge in [-0.1, -0.05) is 32.6 Å². The van der Waals surface area contributed by atoms with Crippen LogP contribution in [0.5, 0.6) is 5.75 Å². The average molecular weight is 362 g/mol. The standard InChI is InChI=1S/C21H30O5/c1-4-19(14-15(3)20(23)24)25-26-21(5-2)12-10-17(11-13-21)16-6-8-18(22)9-7-16/h6-9,17,19,22H,3-5,10-14H2,1-2H3,(H,23,24)/t17-,19?,21+. The van der Waals surface area contributed by atoms with Crippen LogP contribution in [0.2, 0.25) is 0 Å². The number of phenolic OH excluding ortho intramolecular Hbond substituents is 1. The van der Waals surface area contributed by atoms with Crippen LogP contribution in [0.1, 0.15) is 70.3 Å². The molecule has 144 valence electrons. The van der Waals surface area contributed by atoms with E-state index in [2.05, 4.69) is 13.5 Å². The van der Waals surface area contributed by atoms with E-state index < -0.39 is 5.97 Å². The molecule has 1 fully saturated rings. The van der Waals surface area contributed by atoms with E-state index in [0.29, 0.717) is 12.3 Å². The largest absolute Gasteiger partial charge is 0.508 e. The molecule has 0 saturated heterocycles. The lowest BCUT2D eigenvalue weighted by Crippen LogP contribution is -2.37. The first-order valence-electron chi connectivity index (χ1n) is 9.43. The third-order valence-corrected chi connectivity index (χ3v) is 5.50. The first-order chi connectivity index (χ1) is 12.4. The third-order valence-electron chi connectivity index (χ3n) is 5.50. The van der Waals surface area contributed by atoms with Crippen LogP contribution in [-0.2, 0) is 14.6 Å². The molecule has 0 radical (unpaired) electrons. The van der Waals surface area contributed by atoms with Crippen molar-refractivity contribution < 1.29 is 24.8 Å². The number of carbonyl (C=O) groups is 1. The fourth-order valence-corrected chi connectivity index (χ4v) is 3.50. The number of rotatable bonds is 9. The van der Waals surface area contributed by atoms with E-state index in [1.54, 1.807) is 12.1 Å². The highest BCUT2D eigenvalue weighted by Gasteiger charge is 2.37. The van der Waals surface area contributed by atoms with E-state index in [1.807, 2.05) is 19.1 Å². The number of hydrogen-bond donors (Lipinski definition) is 2. The van der Waals surface area contributed by atoms with Crippen LogP contribution in [0.4, 0.5) is 0 Å². The molecule has 0 heterocycles. The van der Waals surface area contributed by atoms with Crippen LogP contribution < -0.4 is 0 Å². The molecule has 1 unspecified atom stereocenters. The van der Waals surface area contributed by atoms with E-state index >= 15 is 0 Å². The maximum Gasteiger partial charge on any atom is 0.331 e. The van der Waals surface area contributed by atoms with Gasteiger partial charge in [0.1, 0.15) is 11.4 Å². The second-order valence-electron chi connectivity index (χ2n) is 7.23. The quantitative estimate of drug-likeness (QED) is 0.369. The van der Waals surface area contributed by atoms with Gasteiger partial charge in [0.05, 0.1) is 6.10 Å². The molecule has 1 aliphatic rings. The minimum Gasteiger partial charge on any atom is -0.508 e. The van der Waals surface area contributed by atoms with Crippen molar-refractivity contribution in [2.24, 2.45) is 0 Å². The van der Waals surface area contributed by atoms with Gasteiger partial charge in [0.15, 0.2) is 0 Å². The summed E-state index contributed by atoms with van der Waals surface area (Å²) in [6.45, 7) is 7.62. The Morgan fingerprint density at radius 1 is 1.27 bits per heavy atom. The summed E-state index contributed by atoms with van der Waals surface area (Å²) in [6, 6.07) is 7.44. The first-order valence-corrected chi connectivity index (χ1v) is 9.43. The summed E-state index contributed by atoms with van der Waals surface area (Å²) in [5.74, 6) is -0.239. The smallest absolute Gasteiger partial charge is 0.331 e. The fraction of sp³-hybridized carbons (Fsp3) is 0.571. The maximum atomic E-state index is 11.0. The molecular formula is C21H30O5. The van der Waals surface area contributed by atoms with E-state index in [9.17, 15) is 9.90 Å². The van der Waals surface area contributed by atoms with Crippen molar-refractivity contribution in [1.29, 1.82) is 0 Å². The van der Waals surface area contributed by atoms with Crippen LogP contribution in [0, 0.1) is 0 Å². The Kier molecular flexibility index (Phi) is 7.23. The highest BCUT2D eigenvalue weighted by atomic mass is 17.2. The summed E-state index contributed by atoms with van der Waals surface area (Å²) in [5, 5.41) is 18.4. The van der Waals surface area contributed by atoms with Gasteiger partial charge in [-0.05, 0) is 62.1 Å². The van der Waals surface area contributed by atoms with Crippen molar-refractivity contribution in [1.82, 2.24) is 0 Å². The molecule has 1 aromatic carbocycles. The van der Waals surface area contributed by atoms with E-state index in [1.165, 1.54) is 5.56 Å². The van der Waals surface area contributed by atoms with Crippen LogP contribution in [0.25, 0.3) is 0 Å². The molecular weight excluding hydrogens is 332 g/mol. The Balaban J connectivity index is 1.90. The normalized spacial score (nSPS) is 24.2. The number of benzene rings is 1. The number of phenols is 1. The van der Waals surface area contributed by atoms with E-state index in [4.69, 9.17) is 14.9 Å². The molecule has 0 aromatic heterocycles. The Hall–Kier alpha value is -1.85. The molecule has 0 aliphatic heterocycles. The van der Waals surface area contributed by atoms with Crippen LogP contribution in [-0.4, -0.2) is 27.9 Å². The van der Waals surface area contributed by atoms with E-state index in [-0.39, 0.29) is 29.4 Å². The topological polar surface area (TPSA) is 76.0 Å². The highest BCUT2D eigenvalue weighted by molar-refractivity contribution is 5.85. The zero-order valence-corrected chi connectivity index (χ0v) is 15.7. The highest BCUT2D eigenvalue weighted by Crippen LogP contribution is 2.42. The second kappa shape index (κ2) is 9.19. The summed E-state index contributed by atoms with van der Waals surface area (Å²) < 4.78 is 0. The van der Waals surface area contributed by atoms with Crippen molar-refractivity contribution in [2.75, 3.05) is 0 Å². The van der Waals surface area contributed by atoms with Gasteiger partial charge in [-0.15, -0.1) is 0 Å². The zero-order valence-electron chi connectivity index (χ0n) is 15.7. The number of aromatic hydroxyl groups is 1. The molecule has 5 nitrogen and oxygen atoms in total. The monoisotopic (exact) mass is 362 g/mol. The number of carboxylic acid groups (broad SMARTS) is 1. The minimum atomic E-state index is -0.994. The summed E-state index contributed by atoms with van der Waals surface area (Å²) in [6.07, 6.45) is 5.28. The van der Waals surface area contributed by atoms with Gasteiger partial charge in [-0.2, -0.15) is 0 Å². The fourth-order valence-electron chi connectivity index (χ4n) is 3.50. The van der Waals surface area contributed by atoms with Crippen LogP contribution >= 0.6 is 0 Å². The molecule has 2 rings (SSSR count). The van der Waals surface area contributed by atoms with Gasteiger partial charge < -0.3 is 10.2 Å². The van der Waals surface area contributed by atoms with Gasteiger partial charge >= 0.3 is 5.97 Å². The van der Waals surface area contributed by atoms with Crippen molar-refractivity contribution in [2.45, 2.75) is 76.4 Å². The lowest BCUT2D eigenvalue weighted by Gasteiger charge is -2.39. The number of aliphatic carboxylic acids is 1. The molecule has 0 spiro atoms. The molecule has 1 aromatic rings. The summed E-state index contributed by atoms with van der Waals surface area (Å²) in [4.78, 5) is 22.5. The van der Waals surface area contributed by atoms with Gasteiger partial charge in [0.25, 0.3) is 0 Å². The molecule has 1 aliphatic carbocycles. The Bertz CT molecular complexity index is 599. The predicted octanol–water partition coefficient (Wildman–Crippen LogP) is 4.96. The number of hydrogen-bond acceptors (Lipinski definition) is 4. The van der Waals surface area contributed by atoms with E-state index in [0.717, 1.165) is 32.1 Å². The van der Waals surface area contributed by atoms with Crippen LogP contribution in [0.15, 0.2) is 36.4 Å². The molecule has 1 saturated carbocycles. The Morgan fingerprint density at radius 3 is 2.38 bits per heavy atom. The van der Waals surface area contributed by atoms with Crippen molar-refractivity contribution >= 4 is 5.97 Å². The van der Waals surface area contributed by atoms with Gasteiger partial charge in [0.2, 0.25) is 0 Å². The average Bonchev–Trinajstić information content (AvgIpc) is 2.66. The SMILES string of the molecule is C=C(CC(CC)OO[C@]1(CC)CC[C@H](c2ccc(O)cc2)CC1)C(=O)O. The van der Waals surface area contributed by atoms with Crippen LogP contribution in [0.3, 0.4) is 0 Å². The number of carboxylic acids is 1. The maximum absolute atomic E-state index is 11.0. The van der Waals surface area contributed by atoms with Crippen molar-refractivity contribution in [3.8, 4) is 5.75 Å². The Labute approximate surface area is 155 Å². The lowest BCUT2D eigenvalue weighted by molar-refractivity contribution is -0.391. The van der Waals surface area contributed by atoms with Gasteiger partial charge in [0, 0.05) is 12.0 Å². The van der Waals surface area contributed by atoms with Crippen molar-refractivity contribution in [3.05, 3.63) is 42.0 Å². The summed E-state index contributed by atoms with van der Waals surface area (Å²) in [7, 11) is 0. The van der Waals surface area contributed by atoms with Gasteiger partial charge in [-0.3, -0.25) is 0 Å². The molecule has 0 bridgehead atoms. The molecule has 26 heavy (non-hydrogen) atoms. The molecule has 2 N–H and O–H groups in total. The molecule has 0 amide bonds. The Morgan fingerprint density at radius 2 is 1.88 bits per heavy atom. The van der Waals surface area contributed by atoms with Gasteiger partial charge in [-0.25, -0.2) is 14.6 Å².